The third-order valence-corrected chi connectivity index (χ3v) is 5.51. The average molecular weight is 547 g/mol. The van der Waals surface area contributed by atoms with Crippen LogP contribution < -0.4 is 0 Å². The third-order valence-electron chi connectivity index (χ3n) is 4.79. The molecule has 1 aromatic heterocycles. The Hall–Kier alpha value is -3.04. The lowest BCUT2D eigenvalue weighted by Gasteiger charge is -2.17. The van der Waals surface area contributed by atoms with Gasteiger partial charge in [-0.3, -0.25) is 14.9 Å². The second-order valence-electron chi connectivity index (χ2n) is 6.72. The number of pyridine rings is 1. The number of nitrogens with zero attached hydrogens (tertiary/aromatic N) is 2. The lowest BCUT2D eigenvalue weighted by Crippen LogP contribution is -2.07. The summed E-state index contributed by atoms with van der Waals surface area (Å²) < 4.78 is 1.05. The Bertz CT molecular complexity index is 1280. The number of aromatic nitrogens is 1. The summed E-state index contributed by atoms with van der Waals surface area (Å²) in [7, 11) is 0. The quantitative estimate of drug-likeness (QED) is 0.185. The number of halogens is 2. The fourth-order valence-corrected chi connectivity index (χ4v) is 3.87. The normalized spacial score (nSPS) is 10.5. The van der Waals surface area contributed by atoms with E-state index in [1.165, 1.54) is 12.1 Å². The molecule has 6 nitrogen and oxygen atoms in total. The van der Waals surface area contributed by atoms with Gasteiger partial charge in [-0.1, -0.05) is 42.5 Å². The second-order valence-corrected chi connectivity index (χ2v) is 7.96. The minimum atomic E-state index is -0.995. The zero-order chi connectivity index (χ0) is 21.3. The van der Waals surface area contributed by atoms with Crippen LogP contribution in [0.4, 0.5) is 5.69 Å². The van der Waals surface area contributed by atoms with Gasteiger partial charge in [0.1, 0.15) is 0 Å². The van der Waals surface area contributed by atoms with E-state index >= 15 is 0 Å². The fourth-order valence-electron chi connectivity index (χ4n) is 3.51. The molecule has 0 bridgehead atoms. The number of rotatable bonds is 5. The van der Waals surface area contributed by atoms with E-state index in [1.807, 2.05) is 54.6 Å². The Morgan fingerprint density at radius 2 is 1.68 bits per heavy atom. The molecule has 4 rings (SSSR count). The van der Waals surface area contributed by atoms with Crippen LogP contribution in [0.15, 0.2) is 72.8 Å². The van der Waals surface area contributed by atoms with Crippen LogP contribution in [-0.2, 0) is 11.2 Å². The number of non-ortho nitro benzene ring substituents is 1. The molecule has 4 aromatic rings. The minimum absolute atomic E-state index is 0. The van der Waals surface area contributed by atoms with Crippen molar-refractivity contribution in [1.29, 1.82) is 0 Å². The molecule has 0 aliphatic carbocycles. The fraction of sp³-hybridized carbons (Fsp3) is 0.0435. The molecule has 0 aliphatic rings. The summed E-state index contributed by atoms with van der Waals surface area (Å²) in [6.45, 7) is 0. The van der Waals surface area contributed by atoms with E-state index < -0.39 is 10.9 Å². The van der Waals surface area contributed by atoms with Gasteiger partial charge in [-0.25, -0.2) is 4.98 Å². The van der Waals surface area contributed by atoms with Crippen molar-refractivity contribution in [3.05, 3.63) is 92.0 Å². The van der Waals surface area contributed by atoms with Gasteiger partial charge in [-0.05, 0) is 57.5 Å². The number of aliphatic carboxylic acids is 1. The van der Waals surface area contributed by atoms with Gasteiger partial charge < -0.3 is 5.11 Å². The summed E-state index contributed by atoms with van der Waals surface area (Å²) in [6, 6.07) is 21.5. The van der Waals surface area contributed by atoms with Gasteiger partial charge in [0, 0.05) is 26.7 Å². The number of carboxylic acid groups (broad SMARTS) is 1. The van der Waals surface area contributed by atoms with Crippen molar-refractivity contribution in [2.45, 2.75) is 6.42 Å². The van der Waals surface area contributed by atoms with Crippen molar-refractivity contribution in [1.82, 2.24) is 4.98 Å². The topological polar surface area (TPSA) is 93.3 Å². The molecule has 0 radical (unpaired) electrons. The standard InChI is InChI=1S/C23H15IN2O4.ClH/c24-16-8-6-15(7-9-16)23-19(13-21(27)28)22(14-4-2-1-3-5-14)18-12-17(26(29)30)10-11-20(18)25-23;/h1-12H,13H2,(H,27,28);1H. The van der Waals surface area contributed by atoms with Crippen molar-refractivity contribution >= 4 is 57.6 Å². The molecule has 0 atom stereocenters. The smallest absolute Gasteiger partial charge is 0.307 e. The summed E-state index contributed by atoms with van der Waals surface area (Å²) in [5.74, 6) is -0.995. The molecule has 0 amide bonds. The number of hydrogen-bond donors (Lipinski definition) is 1. The van der Waals surface area contributed by atoms with E-state index in [1.54, 1.807) is 6.07 Å². The van der Waals surface area contributed by atoms with Gasteiger partial charge >= 0.3 is 5.97 Å². The molecule has 1 heterocycles. The average Bonchev–Trinajstić information content (AvgIpc) is 2.73. The predicted molar refractivity (Wildman–Crippen MR) is 131 cm³/mol. The van der Waals surface area contributed by atoms with Gasteiger partial charge in [0.05, 0.1) is 22.6 Å². The first-order valence-corrected chi connectivity index (χ1v) is 10.2. The van der Waals surface area contributed by atoms with Crippen molar-refractivity contribution in [2.75, 3.05) is 0 Å². The summed E-state index contributed by atoms with van der Waals surface area (Å²) in [4.78, 5) is 27.4. The third kappa shape index (κ3) is 4.67. The number of nitro groups is 1. The first-order chi connectivity index (χ1) is 14.4. The molecule has 156 valence electrons. The highest BCUT2D eigenvalue weighted by Crippen LogP contribution is 2.38. The summed E-state index contributed by atoms with van der Waals surface area (Å²) >= 11 is 2.21. The zero-order valence-corrected chi connectivity index (χ0v) is 19.0. The molecule has 0 aliphatic heterocycles. The number of benzene rings is 3. The largest absolute Gasteiger partial charge is 0.481 e. The van der Waals surface area contributed by atoms with Crippen LogP contribution in [0.2, 0.25) is 0 Å². The van der Waals surface area contributed by atoms with Gasteiger partial charge in [-0.2, -0.15) is 0 Å². The molecule has 31 heavy (non-hydrogen) atoms. The molecule has 8 heteroatoms. The van der Waals surface area contributed by atoms with Gasteiger partial charge in [0.25, 0.3) is 5.69 Å². The Labute approximate surface area is 197 Å². The summed E-state index contributed by atoms with van der Waals surface area (Å²) in [5.41, 5.74) is 3.83. The predicted octanol–water partition coefficient (Wildman–Crippen LogP) is 6.13. The van der Waals surface area contributed by atoms with Crippen LogP contribution in [0.5, 0.6) is 0 Å². The molecule has 0 saturated carbocycles. The van der Waals surface area contributed by atoms with Crippen LogP contribution in [0.25, 0.3) is 33.3 Å². The Kier molecular flexibility index (Phi) is 6.87. The minimum Gasteiger partial charge on any atom is -0.481 e. The Balaban J connectivity index is 0.00000272. The highest BCUT2D eigenvalue weighted by atomic mass is 127. The van der Waals surface area contributed by atoms with Crippen LogP contribution in [0.1, 0.15) is 5.56 Å². The zero-order valence-electron chi connectivity index (χ0n) is 16.0. The lowest BCUT2D eigenvalue weighted by atomic mass is 9.90. The number of fused-ring (bicyclic) bond motifs is 1. The molecule has 0 saturated heterocycles. The maximum Gasteiger partial charge on any atom is 0.307 e. The van der Waals surface area contributed by atoms with Crippen LogP contribution in [-0.4, -0.2) is 21.0 Å². The number of carbonyl (C=O) groups is 1. The first-order valence-electron chi connectivity index (χ1n) is 9.08. The first kappa shape index (κ1) is 22.6. The highest BCUT2D eigenvalue weighted by Gasteiger charge is 2.21. The Morgan fingerprint density at radius 1 is 1.00 bits per heavy atom. The molecule has 0 spiro atoms. The Morgan fingerprint density at radius 3 is 2.29 bits per heavy atom. The van der Waals surface area contributed by atoms with Crippen molar-refractivity contribution in [3.8, 4) is 22.4 Å². The second kappa shape index (κ2) is 9.40. The molecule has 1 N–H and O–H groups in total. The molecule has 0 unspecified atom stereocenters. The van der Waals surface area contributed by atoms with E-state index in [4.69, 9.17) is 4.98 Å². The number of hydrogen-bond acceptors (Lipinski definition) is 4. The highest BCUT2D eigenvalue weighted by molar-refractivity contribution is 14.1. The van der Waals surface area contributed by atoms with Gasteiger partial charge in [0.2, 0.25) is 0 Å². The van der Waals surface area contributed by atoms with Gasteiger partial charge in [-0.15, -0.1) is 12.4 Å². The van der Waals surface area contributed by atoms with Crippen molar-refractivity contribution in [3.63, 3.8) is 0 Å². The SMILES string of the molecule is Cl.O=C(O)Cc1c(-c2ccc(I)cc2)nc2ccc([N+](=O)[O-])cc2c1-c1ccccc1. The van der Waals surface area contributed by atoms with E-state index in [2.05, 4.69) is 22.6 Å². The number of carboxylic acids is 1. The summed E-state index contributed by atoms with van der Waals surface area (Å²) in [6.07, 6.45) is -0.253. The maximum atomic E-state index is 11.8. The van der Waals surface area contributed by atoms with E-state index in [0.29, 0.717) is 27.7 Å². The van der Waals surface area contributed by atoms with E-state index in [9.17, 15) is 20.0 Å². The van der Waals surface area contributed by atoms with Crippen LogP contribution in [0.3, 0.4) is 0 Å². The van der Waals surface area contributed by atoms with Gasteiger partial charge in [0.15, 0.2) is 0 Å². The molecule has 0 fully saturated rings. The molecular weight excluding hydrogens is 531 g/mol. The van der Waals surface area contributed by atoms with E-state index in [0.717, 1.165) is 14.7 Å². The summed E-state index contributed by atoms with van der Waals surface area (Å²) in [5, 5.41) is 21.6. The van der Waals surface area contributed by atoms with Crippen molar-refractivity contribution in [2.24, 2.45) is 0 Å². The van der Waals surface area contributed by atoms with E-state index in [-0.39, 0.29) is 24.5 Å². The number of nitro benzene ring substituents is 1. The van der Waals surface area contributed by atoms with Crippen LogP contribution >= 0.6 is 35.0 Å². The molecular formula is C23H16ClIN2O4. The molecule has 3 aromatic carbocycles. The van der Waals surface area contributed by atoms with Crippen molar-refractivity contribution < 1.29 is 14.8 Å². The maximum absolute atomic E-state index is 11.8. The lowest BCUT2D eigenvalue weighted by molar-refractivity contribution is -0.384. The van der Waals surface area contributed by atoms with Crippen LogP contribution in [0, 0.1) is 13.7 Å². The monoisotopic (exact) mass is 546 g/mol.